The summed E-state index contributed by atoms with van der Waals surface area (Å²) in [6.07, 6.45) is 4.57. The number of hydrogen-bond acceptors (Lipinski definition) is 5. The molecule has 82 valence electrons. The van der Waals surface area contributed by atoms with Crippen LogP contribution in [0, 0.1) is 0 Å². The Morgan fingerprint density at radius 1 is 1.53 bits per heavy atom. The molecule has 1 unspecified atom stereocenters. The van der Waals surface area contributed by atoms with Crippen LogP contribution >= 0.6 is 0 Å². The third-order valence-electron chi connectivity index (χ3n) is 2.03. The van der Waals surface area contributed by atoms with Crippen LogP contribution in [0.1, 0.15) is 18.3 Å². The average Bonchev–Trinajstić information content (AvgIpc) is 2.29. The van der Waals surface area contributed by atoms with Gasteiger partial charge in [-0.25, -0.2) is 9.97 Å². The fourth-order valence-corrected chi connectivity index (χ4v) is 1.16. The molecule has 15 heavy (non-hydrogen) atoms. The lowest BCUT2D eigenvalue weighted by atomic mass is 10.1. The summed E-state index contributed by atoms with van der Waals surface area (Å²) in [6, 6.07) is -0.647. The number of ether oxygens (including phenoxy) is 1. The molecule has 2 N–H and O–H groups in total. The summed E-state index contributed by atoms with van der Waals surface area (Å²) >= 11 is 0. The van der Waals surface area contributed by atoms with Crippen molar-refractivity contribution in [2.45, 2.75) is 25.8 Å². The lowest BCUT2D eigenvalue weighted by Gasteiger charge is -2.08. The van der Waals surface area contributed by atoms with E-state index in [2.05, 4.69) is 14.7 Å². The number of carbonyl (C=O) groups is 1. The zero-order valence-electron chi connectivity index (χ0n) is 8.93. The molecule has 1 rings (SSSR count). The van der Waals surface area contributed by atoms with Gasteiger partial charge in [0.25, 0.3) is 0 Å². The second-order valence-corrected chi connectivity index (χ2v) is 3.19. The molecule has 0 spiro atoms. The Bertz CT molecular complexity index is 324. The third-order valence-corrected chi connectivity index (χ3v) is 2.03. The van der Waals surface area contributed by atoms with E-state index in [4.69, 9.17) is 5.73 Å². The van der Waals surface area contributed by atoms with Gasteiger partial charge in [-0.05, 0) is 5.56 Å². The first kappa shape index (κ1) is 11.6. The van der Waals surface area contributed by atoms with Crippen molar-refractivity contribution in [2.24, 2.45) is 5.73 Å². The van der Waals surface area contributed by atoms with E-state index in [1.54, 1.807) is 12.4 Å². The number of aryl methyl sites for hydroxylation is 1. The number of nitrogens with zero attached hydrogens (tertiary/aromatic N) is 2. The average molecular weight is 209 g/mol. The molecule has 0 aliphatic rings. The van der Waals surface area contributed by atoms with Gasteiger partial charge in [0.2, 0.25) is 0 Å². The van der Waals surface area contributed by atoms with Gasteiger partial charge in [-0.1, -0.05) is 6.92 Å². The van der Waals surface area contributed by atoms with Crippen molar-refractivity contribution in [3.8, 4) is 0 Å². The first-order valence-corrected chi connectivity index (χ1v) is 4.80. The van der Waals surface area contributed by atoms with Crippen molar-refractivity contribution in [3.63, 3.8) is 0 Å². The number of nitrogens with two attached hydrogens (primary N) is 1. The molecule has 0 aromatic carbocycles. The van der Waals surface area contributed by atoms with Gasteiger partial charge in [-0.15, -0.1) is 0 Å². The van der Waals surface area contributed by atoms with E-state index < -0.39 is 12.0 Å². The summed E-state index contributed by atoms with van der Waals surface area (Å²) < 4.78 is 4.52. The zero-order valence-corrected chi connectivity index (χ0v) is 8.93. The normalized spacial score (nSPS) is 12.2. The highest BCUT2D eigenvalue weighted by Gasteiger charge is 2.14. The molecule has 0 aliphatic carbocycles. The number of methoxy groups -OCH3 is 1. The van der Waals surface area contributed by atoms with Gasteiger partial charge in [-0.2, -0.15) is 0 Å². The molecule has 1 atom stereocenters. The monoisotopic (exact) mass is 209 g/mol. The number of rotatable bonds is 4. The fraction of sp³-hybridized carbons (Fsp3) is 0.500. The highest BCUT2D eigenvalue weighted by molar-refractivity contribution is 5.75. The van der Waals surface area contributed by atoms with Gasteiger partial charge >= 0.3 is 5.97 Å². The number of hydrogen-bond donors (Lipinski definition) is 1. The summed E-state index contributed by atoms with van der Waals surface area (Å²) in [4.78, 5) is 19.3. The smallest absolute Gasteiger partial charge is 0.322 e. The molecular formula is C10H15N3O2. The van der Waals surface area contributed by atoms with Crippen molar-refractivity contribution >= 4 is 5.97 Å². The second-order valence-electron chi connectivity index (χ2n) is 3.19. The molecule has 0 saturated carbocycles. The van der Waals surface area contributed by atoms with Crippen molar-refractivity contribution < 1.29 is 9.53 Å². The van der Waals surface area contributed by atoms with E-state index in [1.165, 1.54) is 7.11 Å². The highest BCUT2D eigenvalue weighted by atomic mass is 16.5. The van der Waals surface area contributed by atoms with Crippen LogP contribution in [-0.4, -0.2) is 29.1 Å². The van der Waals surface area contributed by atoms with Gasteiger partial charge in [0.15, 0.2) is 0 Å². The molecule has 1 heterocycles. The molecule has 0 fully saturated rings. The van der Waals surface area contributed by atoms with Crippen LogP contribution in [0.2, 0.25) is 0 Å². The van der Waals surface area contributed by atoms with Crippen LogP contribution in [-0.2, 0) is 22.4 Å². The van der Waals surface area contributed by atoms with E-state index >= 15 is 0 Å². The largest absolute Gasteiger partial charge is 0.468 e. The molecule has 0 aliphatic heterocycles. The summed E-state index contributed by atoms with van der Waals surface area (Å²) in [5, 5.41) is 0. The molecule has 1 aromatic rings. The fourth-order valence-electron chi connectivity index (χ4n) is 1.16. The van der Waals surface area contributed by atoms with E-state index in [-0.39, 0.29) is 0 Å². The number of carbonyl (C=O) groups excluding carboxylic acids is 1. The predicted octanol–water partition coefficient (Wildman–Crippen LogP) is 0.0818. The third kappa shape index (κ3) is 3.28. The molecule has 0 saturated heterocycles. The minimum absolute atomic E-state index is 0.399. The maximum absolute atomic E-state index is 11.1. The van der Waals surface area contributed by atoms with Crippen LogP contribution in [0.4, 0.5) is 0 Å². The maximum Gasteiger partial charge on any atom is 0.322 e. The molecule has 5 heteroatoms. The highest BCUT2D eigenvalue weighted by Crippen LogP contribution is 2.01. The first-order chi connectivity index (χ1) is 7.17. The maximum atomic E-state index is 11.1. The van der Waals surface area contributed by atoms with Gasteiger partial charge in [0.1, 0.15) is 11.9 Å². The van der Waals surface area contributed by atoms with Crippen molar-refractivity contribution in [1.29, 1.82) is 0 Å². The molecule has 1 aromatic heterocycles. The minimum Gasteiger partial charge on any atom is -0.468 e. The van der Waals surface area contributed by atoms with Crippen molar-refractivity contribution in [2.75, 3.05) is 7.11 Å². The van der Waals surface area contributed by atoms with E-state index in [1.807, 2.05) is 6.92 Å². The Kier molecular flexibility index (Phi) is 4.17. The van der Waals surface area contributed by atoms with Crippen LogP contribution in [0.5, 0.6) is 0 Å². The SMILES string of the molecule is CCc1ncc(CC(N)C(=O)OC)cn1. The Morgan fingerprint density at radius 2 is 2.13 bits per heavy atom. The topological polar surface area (TPSA) is 78.1 Å². The van der Waals surface area contributed by atoms with E-state index in [9.17, 15) is 4.79 Å². The lowest BCUT2D eigenvalue weighted by molar-refractivity contribution is -0.142. The number of esters is 1. The van der Waals surface area contributed by atoms with Gasteiger partial charge in [0, 0.05) is 25.2 Å². The summed E-state index contributed by atoms with van der Waals surface area (Å²) in [5.74, 6) is 0.361. The Balaban J connectivity index is 2.60. The second kappa shape index (κ2) is 5.41. The van der Waals surface area contributed by atoms with E-state index in [0.29, 0.717) is 6.42 Å². The zero-order chi connectivity index (χ0) is 11.3. The molecule has 0 amide bonds. The molecular weight excluding hydrogens is 194 g/mol. The van der Waals surface area contributed by atoms with Gasteiger partial charge < -0.3 is 10.5 Å². The Hall–Kier alpha value is -1.49. The van der Waals surface area contributed by atoms with Crippen LogP contribution in [0.15, 0.2) is 12.4 Å². The van der Waals surface area contributed by atoms with E-state index in [0.717, 1.165) is 17.8 Å². The van der Waals surface area contributed by atoms with Crippen LogP contribution < -0.4 is 5.73 Å². The summed E-state index contributed by atoms with van der Waals surface area (Å²) in [5.41, 5.74) is 6.44. The summed E-state index contributed by atoms with van der Waals surface area (Å²) in [6.45, 7) is 1.98. The molecule has 0 bridgehead atoms. The standard InChI is InChI=1S/C10H15N3O2/c1-3-9-12-5-7(6-13-9)4-8(11)10(14)15-2/h5-6,8H,3-4,11H2,1-2H3. The van der Waals surface area contributed by atoms with Gasteiger partial charge in [-0.3, -0.25) is 4.79 Å². The Morgan fingerprint density at radius 3 is 2.60 bits per heavy atom. The number of aromatic nitrogens is 2. The van der Waals surface area contributed by atoms with Crippen LogP contribution in [0.3, 0.4) is 0 Å². The quantitative estimate of drug-likeness (QED) is 0.710. The van der Waals surface area contributed by atoms with Gasteiger partial charge in [0.05, 0.1) is 7.11 Å². The molecule has 0 radical (unpaired) electrons. The predicted molar refractivity (Wildman–Crippen MR) is 55.1 cm³/mol. The Labute approximate surface area is 88.7 Å². The molecule has 5 nitrogen and oxygen atoms in total. The lowest BCUT2D eigenvalue weighted by Crippen LogP contribution is -2.33. The summed E-state index contributed by atoms with van der Waals surface area (Å²) in [7, 11) is 1.32. The van der Waals surface area contributed by atoms with Crippen molar-refractivity contribution in [1.82, 2.24) is 9.97 Å². The van der Waals surface area contributed by atoms with Crippen molar-refractivity contribution in [3.05, 3.63) is 23.8 Å². The first-order valence-electron chi connectivity index (χ1n) is 4.80. The van der Waals surface area contributed by atoms with Crippen LogP contribution in [0.25, 0.3) is 0 Å². The minimum atomic E-state index is -0.647.